The van der Waals surface area contributed by atoms with Crippen LogP contribution in [0.3, 0.4) is 0 Å². The van der Waals surface area contributed by atoms with Gasteiger partial charge in [-0.05, 0) is 53.7 Å². The third kappa shape index (κ3) is 6.33. The lowest BCUT2D eigenvalue weighted by Crippen LogP contribution is -2.33. The highest BCUT2D eigenvalue weighted by atomic mass is 32.2. The molecule has 0 fully saturated rings. The number of hydrogen-bond donors (Lipinski definition) is 2. The Kier molecular flexibility index (Phi) is 8.06. The van der Waals surface area contributed by atoms with Crippen LogP contribution >= 0.6 is 11.8 Å². The lowest BCUT2D eigenvalue weighted by atomic mass is 10.1. The minimum Gasteiger partial charge on any atom is -0.493 e. The Bertz CT molecular complexity index is 1220. The number of aliphatic imine (C=N–C) groups is 1. The second-order valence-electron chi connectivity index (χ2n) is 7.36. The lowest BCUT2D eigenvalue weighted by Gasteiger charge is -2.20. The van der Waals surface area contributed by atoms with E-state index in [2.05, 4.69) is 4.99 Å². The van der Waals surface area contributed by atoms with Crippen LogP contribution < -0.4 is 9.47 Å². The number of thioether (sulfide) groups is 1. The molecular weight excluding hydrogens is 487 g/mol. The molecule has 8 nitrogen and oxygen atoms in total. The maximum Gasteiger partial charge on any atom is 0.420 e. The van der Waals surface area contributed by atoms with Crippen molar-refractivity contribution in [2.24, 2.45) is 4.99 Å². The first-order valence-electron chi connectivity index (χ1n) is 10.1. The summed E-state index contributed by atoms with van der Waals surface area (Å²) in [5.41, 5.74) is -0.747. The average Bonchev–Trinajstić information content (AvgIpc) is 3.19. The monoisotopic (exact) mass is 507 g/mol. The van der Waals surface area contributed by atoms with Crippen molar-refractivity contribution in [2.75, 3.05) is 27.3 Å². The summed E-state index contributed by atoms with van der Waals surface area (Å²) < 4.78 is 51.1. The summed E-state index contributed by atoms with van der Waals surface area (Å²) in [6.07, 6.45) is -4.19. The molecule has 1 aliphatic heterocycles. The van der Waals surface area contributed by atoms with E-state index in [1.54, 1.807) is 13.1 Å². The largest absolute Gasteiger partial charge is 0.493 e. The maximum absolute atomic E-state index is 13.5. The Labute approximate surface area is 202 Å². The van der Waals surface area contributed by atoms with Crippen molar-refractivity contribution in [3.8, 4) is 23.3 Å². The van der Waals surface area contributed by atoms with Crippen molar-refractivity contribution in [3.63, 3.8) is 0 Å². The fraction of sp³-hybridized carbons (Fsp3) is 0.261. The maximum atomic E-state index is 13.5. The highest BCUT2D eigenvalue weighted by molar-refractivity contribution is 8.18. The first-order chi connectivity index (χ1) is 16.5. The molecule has 3 rings (SSSR count). The van der Waals surface area contributed by atoms with Crippen molar-refractivity contribution < 1.29 is 37.7 Å². The molecule has 35 heavy (non-hydrogen) atoms. The predicted molar refractivity (Wildman–Crippen MR) is 123 cm³/mol. The van der Waals surface area contributed by atoms with Gasteiger partial charge in [0.2, 0.25) is 0 Å². The van der Waals surface area contributed by atoms with E-state index in [9.17, 15) is 23.1 Å². The van der Waals surface area contributed by atoms with Crippen molar-refractivity contribution in [3.05, 3.63) is 58.0 Å². The number of nitrogens with zero attached hydrogens (tertiary/aromatic N) is 3. The molecule has 2 aromatic carbocycles. The van der Waals surface area contributed by atoms with Crippen molar-refractivity contribution in [1.29, 1.82) is 5.26 Å². The zero-order valence-corrected chi connectivity index (χ0v) is 19.4. The fourth-order valence-electron chi connectivity index (χ4n) is 3.05. The first kappa shape index (κ1) is 26.1. The van der Waals surface area contributed by atoms with E-state index in [0.717, 1.165) is 17.8 Å². The van der Waals surface area contributed by atoms with Gasteiger partial charge in [0.1, 0.15) is 5.75 Å². The third-order valence-corrected chi connectivity index (χ3v) is 5.85. The number of alkyl halides is 3. The number of ether oxygens (including phenoxy) is 2. The number of aliphatic hydroxyl groups is 2. The van der Waals surface area contributed by atoms with Crippen LogP contribution in [0.5, 0.6) is 17.2 Å². The Hall–Kier alpha value is -3.53. The number of amidine groups is 1. The number of amides is 1. The molecule has 12 heteroatoms. The van der Waals surface area contributed by atoms with Crippen LogP contribution in [0.4, 0.5) is 13.2 Å². The Morgan fingerprint density at radius 2 is 1.94 bits per heavy atom. The van der Waals surface area contributed by atoms with Crippen LogP contribution in [-0.2, 0) is 11.0 Å². The number of halogens is 3. The van der Waals surface area contributed by atoms with Crippen molar-refractivity contribution in [1.82, 2.24) is 4.90 Å². The fourth-order valence-corrected chi connectivity index (χ4v) is 3.93. The molecule has 0 radical (unpaired) electrons. The van der Waals surface area contributed by atoms with Gasteiger partial charge in [-0.15, -0.1) is 0 Å². The van der Waals surface area contributed by atoms with E-state index in [1.807, 2.05) is 0 Å². The summed E-state index contributed by atoms with van der Waals surface area (Å²) in [5, 5.41) is 27.8. The molecule has 0 saturated carbocycles. The normalized spacial score (nSPS) is 15.5. The predicted octanol–water partition coefficient (Wildman–Crippen LogP) is 3.63. The molecular formula is C23H20F3N3O5S. The van der Waals surface area contributed by atoms with E-state index >= 15 is 0 Å². The molecule has 184 valence electrons. The topological polar surface area (TPSA) is 115 Å². The minimum absolute atomic E-state index is 0.00456. The zero-order valence-electron chi connectivity index (χ0n) is 18.5. The molecule has 2 aromatic rings. The number of benzene rings is 2. The smallest absolute Gasteiger partial charge is 0.420 e. The number of methoxy groups -OCH3 is 1. The lowest BCUT2D eigenvalue weighted by molar-refractivity contribution is -0.138. The van der Waals surface area contributed by atoms with Gasteiger partial charge < -0.3 is 24.6 Å². The van der Waals surface area contributed by atoms with Gasteiger partial charge >= 0.3 is 6.18 Å². The molecule has 1 unspecified atom stereocenters. The number of carbonyl (C=O) groups is 1. The number of aliphatic hydroxyl groups excluding tert-OH is 2. The first-order valence-corrected chi connectivity index (χ1v) is 10.9. The number of nitriles is 1. The third-order valence-electron chi connectivity index (χ3n) is 4.75. The molecule has 2 N–H and O–H groups in total. The summed E-state index contributed by atoms with van der Waals surface area (Å²) in [4.78, 5) is 18.1. The van der Waals surface area contributed by atoms with Crippen LogP contribution in [0, 0.1) is 11.3 Å². The highest BCUT2D eigenvalue weighted by Crippen LogP contribution is 2.41. The zero-order chi connectivity index (χ0) is 25.8. The van der Waals surface area contributed by atoms with E-state index in [1.165, 1.54) is 42.4 Å². The number of carbonyl (C=O) groups excluding carboxylic acids is 1. The van der Waals surface area contributed by atoms with Crippen molar-refractivity contribution >= 4 is 28.9 Å². The highest BCUT2D eigenvalue weighted by Gasteiger charge is 2.35. The average molecular weight is 507 g/mol. The summed E-state index contributed by atoms with van der Waals surface area (Å²) in [5.74, 6) is -0.864. The van der Waals surface area contributed by atoms with Gasteiger partial charge in [0.25, 0.3) is 5.91 Å². The van der Waals surface area contributed by atoms with Crippen molar-refractivity contribution in [2.45, 2.75) is 12.3 Å². The second-order valence-corrected chi connectivity index (χ2v) is 8.37. The molecule has 0 saturated heterocycles. The number of rotatable bonds is 7. The van der Waals surface area contributed by atoms with Crippen LogP contribution in [0.15, 0.2) is 46.3 Å². The molecule has 0 aromatic heterocycles. The molecule has 0 bridgehead atoms. The SMILES string of the molecule is COc1cc(C=C2SC(N(C)CC(O)CO)=NC2=O)ccc1Oc1ccc(C#N)cc1C(F)(F)F. The Morgan fingerprint density at radius 3 is 2.57 bits per heavy atom. The Morgan fingerprint density at radius 1 is 1.23 bits per heavy atom. The van der Waals surface area contributed by atoms with Crippen LogP contribution in [-0.4, -0.2) is 59.6 Å². The summed E-state index contributed by atoms with van der Waals surface area (Å²) in [6, 6.07) is 9.08. The van der Waals surface area contributed by atoms with Gasteiger partial charge in [-0.3, -0.25) is 4.79 Å². The van der Waals surface area contributed by atoms with E-state index in [4.69, 9.17) is 19.8 Å². The molecule has 1 atom stereocenters. The van der Waals surface area contributed by atoms with Crippen LogP contribution in [0.25, 0.3) is 6.08 Å². The van der Waals surface area contributed by atoms with Crippen LogP contribution in [0.1, 0.15) is 16.7 Å². The van der Waals surface area contributed by atoms with Gasteiger partial charge in [-0.25, -0.2) is 0 Å². The van der Waals surface area contributed by atoms with E-state index < -0.39 is 36.1 Å². The van der Waals surface area contributed by atoms with E-state index in [-0.39, 0.29) is 28.5 Å². The summed E-state index contributed by atoms with van der Waals surface area (Å²) >= 11 is 1.07. The van der Waals surface area contributed by atoms with Gasteiger partial charge in [-0.1, -0.05) is 6.07 Å². The molecule has 0 spiro atoms. The summed E-state index contributed by atoms with van der Waals surface area (Å²) in [6.45, 7) is -0.349. The van der Waals surface area contributed by atoms with Gasteiger partial charge in [0, 0.05) is 13.6 Å². The van der Waals surface area contributed by atoms with Crippen LogP contribution in [0.2, 0.25) is 0 Å². The number of hydrogen-bond acceptors (Lipinski definition) is 8. The Balaban J connectivity index is 1.83. The standard InChI is InChI=1S/C23H20F3N3O5S/c1-29(11-15(31)12-30)22-28-21(32)20(35-22)9-13-3-6-18(19(8-13)33-2)34-17-5-4-14(10-27)7-16(17)23(24,25)26/h3-9,15,30-31H,11-12H2,1-2H3. The molecule has 1 heterocycles. The van der Waals surface area contributed by atoms with Gasteiger partial charge in [0.05, 0.1) is 41.9 Å². The summed E-state index contributed by atoms with van der Waals surface area (Å²) in [7, 11) is 2.94. The van der Waals surface area contributed by atoms with Gasteiger partial charge in [0.15, 0.2) is 16.7 Å². The quantitative estimate of drug-likeness (QED) is 0.546. The number of likely N-dealkylation sites (N-methyl/N-ethyl adjacent to an activating group) is 1. The van der Waals surface area contributed by atoms with Gasteiger partial charge in [-0.2, -0.15) is 23.4 Å². The molecule has 1 aliphatic rings. The molecule has 1 amide bonds. The second kappa shape index (κ2) is 10.8. The van der Waals surface area contributed by atoms with E-state index in [0.29, 0.717) is 16.8 Å². The minimum atomic E-state index is -4.74. The molecule has 0 aliphatic carbocycles.